The van der Waals surface area contributed by atoms with Crippen LogP contribution in [-0.4, -0.2) is 27.5 Å². The summed E-state index contributed by atoms with van der Waals surface area (Å²) in [6.45, 7) is 2.96. The molecule has 25 heavy (non-hydrogen) atoms. The maximum absolute atomic E-state index is 13.1. The number of carbonyl (C=O) groups is 1. The highest BCUT2D eigenvalue weighted by atomic mass is 32.2. The summed E-state index contributed by atoms with van der Waals surface area (Å²) in [5.41, 5.74) is 2.66. The first-order valence-corrected chi connectivity index (χ1v) is 9.28. The van der Waals surface area contributed by atoms with Crippen LogP contribution in [0.5, 0.6) is 0 Å². The van der Waals surface area contributed by atoms with Gasteiger partial charge in [0, 0.05) is 34.6 Å². The SMILES string of the molecule is C[C@H]1CCN(C(=O)c2ccc(-n3cccn3)cc2)c2ccccc2S1. The summed E-state index contributed by atoms with van der Waals surface area (Å²) in [6.07, 6.45) is 4.61. The fourth-order valence-electron chi connectivity index (χ4n) is 3.03. The maximum atomic E-state index is 13.1. The van der Waals surface area contributed by atoms with Crippen molar-refractivity contribution in [2.24, 2.45) is 0 Å². The van der Waals surface area contributed by atoms with Crippen LogP contribution in [0.25, 0.3) is 5.69 Å². The smallest absolute Gasteiger partial charge is 0.258 e. The number of fused-ring (bicyclic) bond motifs is 1. The van der Waals surface area contributed by atoms with Crippen molar-refractivity contribution in [3.05, 3.63) is 72.6 Å². The molecule has 126 valence electrons. The van der Waals surface area contributed by atoms with E-state index in [1.165, 1.54) is 4.90 Å². The van der Waals surface area contributed by atoms with E-state index >= 15 is 0 Å². The van der Waals surface area contributed by atoms with Gasteiger partial charge in [-0.15, -0.1) is 11.8 Å². The topological polar surface area (TPSA) is 38.1 Å². The highest BCUT2D eigenvalue weighted by Gasteiger charge is 2.24. The molecule has 1 amide bonds. The quantitative estimate of drug-likeness (QED) is 0.688. The molecular formula is C20H19N3OS. The summed E-state index contributed by atoms with van der Waals surface area (Å²) in [5, 5.41) is 4.72. The van der Waals surface area contributed by atoms with Gasteiger partial charge in [0.15, 0.2) is 0 Å². The molecule has 2 aromatic carbocycles. The van der Waals surface area contributed by atoms with E-state index in [-0.39, 0.29) is 5.91 Å². The predicted molar refractivity (Wildman–Crippen MR) is 102 cm³/mol. The van der Waals surface area contributed by atoms with Crippen LogP contribution in [-0.2, 0) is 0 Å². The highest BCUT2D eigenvalue weighted by Crippen LogP contribution is 2.37. The third kappa shape index (κ3) is 3.20. The molecule has 4 nitrogen and oxygen atoms in total. The molecule has 1 atom stereocenters. The molecule has 0 spiro atoms. The van der Waals surface area contributed by atoms with E-state index in [2.05, 4.69) is 18.1 Å². The highest BCUT2D eigenvalue weighted by molar-refractivity contribution is 8.00. The Morgan fingerprint density at radius 3 is 2.68 bits per heavy atom. The second-order valence-electron chi connectivity index (χ2n) is 6.14. The van der Waals surface area contributed by atoms with Crippen LogP contribution in [0.1, 0.15) is 23.7 Å². The van der Waals surface area contributed by atoms with Crippen LogP contribution >= 0.6 is 11.8 Å². The third-order valence-corrected chi connectivity index (χ3v) is 5.61. The van der Waals surface area contributed by atoms with Gasteiger partial charge < -0.3 is 4.90 Å². The number of anilines is 1. The fraction of sp³-hybridized carbons (Fsp3) is 0.200. The first-order chi connectivity index (χ1) is 12.2. The molecule has 0 N–H and O–H groups in total. The molecule has 4 rings (SSSR count). The number of benzene rings is 2. The van der Waals surface area contributed by atoms with Gasteiger partial charge in [0.1, 0.15) is 0 Å². The number of aromatic nitrogens is 2. The second-order valence-corrected chi connectivity index (χ2v) is 7.62. The minimum Gasteiger partial charge on any atom is -0.307 e. The molecule has 1 aromatic heterocycles. The Labute approximate surface area is 151 Å². The maximum Gasteiger partial charge on any atom is 0.258 e. The zero-order chi connectivity index (χ0) is 17.2. The van der Waals surface area contributed by atoms with Crippen molar-refractivity contribution in [2.75, 3.05) is 11.4 Å². The number of amides is 1. The minimum atomic E-state index is 0.0502. The van der Waals surface area contributed by atoms with E-state index in [9.17, 15) is 4.79 Å². The third-order valence-electron chi connectivity index (χ3n) is 4.37. The van der Waals surface area contributed by atoms with E-state index < -0.39 is 0 Å². The summed E-state index contributed by atoms with van der Waals surface area (Å²) < 4.78 is 1.79. The number of hydrogen-bond acceptors (Lipinski definition) is 3. The Bertz CT molecular complexity index is 874. The second kappa shape index (κ2) is 6.76. The number of carbonyl (C=O) groups excluding carboxylic acids is 1. The first-order valence-electron chi connectivity index (χ1n) is 8.40. The zero-order valence-electron chi connectivity index (χ0n) is 14.0. The largest absolute Gasteiger partial charge is 0.307 e. The Morgan fingerprint density at radius 1 is 1.12 bits per heavy atom. The number of thioether (sulfide) groups is 1. The zero-order valence-corrected chi connectivity index (χ0v) is 14.8. The molecule has 2 heterocycles. The van der Waals surface area contributed by atoms with Gasteiger partial charge in [-0.25, -0.2) is 4.68 Å². The molecule has 0 radical (unpaired) electrons. The molecule has 0 unspecified atom stereocenters. The van der Waals surface area contributed by atoms with E-state index in [4.69, 9.17) is 0 Å². The first kappa shape index (κ1) is 16.0. The Kier molecular flexibility index (Phi) is 4.32. The average Bonchev–Trinajstić information content (AvgIpc) is 3.12. The van der Waals surface area contributed by atoms with Crippen molar-refractivity contribution in [2.45, 2.75) is 23.5 Å². The lowest BCUT2D eigenvalue weighted by atomic mass is 10.1. The van der Waals surface area contributed by atoms with Crippen LogP contribution in [0.4, 0.5) is 5.69 Å². The standard InChI is InChI=1S/C20H19N3OS/c1-15-11-14-22(18-5-2-3-6-19(18)25-15)20(24)16-7-9-17(10-8-16)23-13-4-12-21-23/h2-10,12-13,15H,11,14H2,1H3/t15-/m0/s1. The average molecular weight is 349 g/mol. The number of hydrogen-bond donors (Lipinski definition) is 0. The summed E-state index contributed by atoms with van der Waals surface area (Å²) in [6, 6.07) is 17.7. The van der Waals surface area contributed by atoms with Crippen LogP contribution < -0.4 is 4.90 Å². The lowest BCUT2D eigenvalue weighted by Gasteiger charge is -2.22. The molecule has 3 aromatic rings. The Hall–Kier alpha value is -2.53. The normalized spacial score (nSPS) is 17.0. The monoisotopic (exact) mass is 349 g/mol. The van der Waals surface area contributed by atoms with Crippen molar-refractivity contribution in [3.8, 4) is 5.69 Å². The molecule has 1 aliphatic rings. The van der Waals surface area contributed by atoms with Crippen LogP contribution in [0.15, 0.2) is 71.9 Å². The molecule has 0 bridgehead atoms. The van der Waals surface area contributed by atoms with Crippen molar-refractivity contribution >= 4 is 23.4 Å². The number of nitrogens with zero attached hydrogens (tertiary/aromatic N) is 3. The van der Waals surface area contributed by atoms with Gasteiger partial charge in [-0.2, -0.15) is 5.10 Å². The van der Waals surface area contributed by atoms with Gasteiger partial charge >= 0.3 is 0 Å². The van der Waals surface area contributed by atoms with Gasteiger partial charge in [-0.3, -0.25) is 4.79 Å². The molecule has 5 heteroatoms. The van der Waals surface area contributed by atoms with Crippen LogP contribution in [0, 0.1) is 0 Å². The fourth-order valence-corrected chi connectivity index (χ4v) is 4.14. The van der Waals surface area contributed by atoms with Crippen molar-refractivity contribution in [3.63, 3.8) is 0 Å². The van der Waals surface area contributed by atoms with Crippen molar-refractivity contribution in [1.82, 2.24) is 9.78 Å². The predicted octanol–water partition coefficient (Wildman–Crippen LogP) is 4.40. The molecule has 0 saturated carbocycles. The summed E-state index contributed by atoms with van der Waals surface area (Å²) in [7, 11) is 0. The number of para-hydroxylation sites is 1. The summed E-state index contributed by atoms with van der Waals surface area (Å²) >= 11 is 1.84. The molecule has 1 aliphatic heterocycles. The van der Waals surface area contributed by atoms with Crippen molar-refractivity contribution in [1.29, 1.82) is 0 Å². The van der Waals surface area contributed by atoms with Crippen molar-refractivity contribution < 1.29 is 4.79 Å². The molecular weight excluding hydrogens is 330 g/mol. The van der Waals surface area contributed by atoms with E-state index in [0.29, 0.717) is 10.8 Å². The summed E-state index contributed by atoms with van der Waals surface area (Å²) in [4.78, 5) is 16.2. The van der Waals surface area contributed by atoms with Gasteiger partial charge in [0.25, 0.3) is 5.91 Å². The van der Waals surface area contributed by atoms with Crippen LogP contribution in [0.2, 0.25) is 0 Å². The van der Waals surface area contributed by atoms with Gasteiger partial charge in [0.05, 0.1) is 11.4 Å². The molecule has 0 saturated heterocycles. The van der Waals surface area contributed by atoms with Gasteiger partial charge in [0.2, 0.25) is 0 Å². The minimum absolute atomic E-state index is 0.0502. The molecule has 0 aliphatic carbocycles. The molecule has 0 fully saturated rings. The van der Waals surface area contributed by atoms with Gasteiger partial charge in [-0.05, 0) is 48.9 Å². The Balaban J connectivity index is 1.64. The van der Waals surface area contributed by atoms with Gasteiger partial charge in [-0.1, -0.05) is 19.1 Å². The lowest BCUT2D eigenvalue weighted by molar-refractivity contribution is 0.0986. The Morgan fingerprint density at radius 2 is 1.92 bits per heavy atom. The number of rotatable bonds is 2. The summed E-state index contributed by atoms with van der Waals surface area (Å²) in [5.74, 6) is 0.0502. The van der Waals surface area contributed by atoms with E-state index in [1.54, 1.807) is 10.9 Å². The van der Waals surface area contributed by atoms with Crippen LogP contribution in [0.3, 0.4) is 0 Å². The van der Waals surface area contributed by atoms with E-state index in [1.807, 2.05) is 71.4 Å². The lowest BCUT2D eigenvalue weighted by Crippen LogP contribution is -2.32. The van der Waals surface area contributed by atoms with E-state index in [0.717, 1.165) is 24.3 Å².